The summed E-state index contributed by atoms with van der Waals surface area (Å²) in [7, 11) is -4.61. The van der Waals surface area contributed by atoms with E-state index in [4.69, 9.17) is 19.2 Å². The van der Waals surface area contributed by atoms with Crippen LogP contribution in [-0.2, 0) is 0 Å². The van der Waals surface area contributed by atoms with E-state index in [1.165, 1.54) is 0 Å². The molecule has 0 aliphatic carbocycles. The summed E-state index contributed by atoms with van der Waals surface area (Å²) in [6.07, 6.45) is 0. The monoisotopic (exact) mass is 168 g/mol. The van der Waals surface area contributed by atoms with E-state index in [9.17, 15) is 0 Å². The number of rotatable bonds is 0. The molecule has 0 spiro atoms. The summed E-state index contributed by atoms with van der Waals surface area (Å²) < 4.78 is 0. The topological polar surface area (TPSA) is 207 Å². The minimum Gasteiger partial charge on any atom is -0.412 e. The summed E-state index contributed by atoms with van der Waals surface area (Å²) in [5.74, 6) is 0. The first-order chi connectivity index (χ1) is 2.00. The molecule has 0 heterocycles. The van der Waals surface area contributed by atoms with Crippen molar-refractivity contribution in [3.63, 3.8) is 0 Å². The van der Waals surface area contributed by atoms with Gasteiger partial charge in [0.1, 0.15) is 0 Å². The van der Waals surface area contributed by atoms with Crippen LogP contribution in [0.15, 0.2) is 0 Å². The van der Waals surface area contributed by atoms with Crippen molar-refractivity contribution >= 4 is 9.05 Å². The highest BCUT2D eigenvalue weighted by molar-refractivity contribution is 6.46. The molecule has 0 radical (unpaired) electrons. The number of hydrogen-bond acceptors (Lipinski definition) is 4. The van der Waals surface area contributed by atoms with E-state index in [0.717, 1.165) is 0 Å². The van der Waals surface area contributed by atoms with Gasteiger partial charge in [0.25, 0.3) is 0 Å². The summed E-state index contributed by atoms with van der Waals surface area (Å²) >= 11 is 0. The van der Waals surface area contributed by atoms with Crippen molar-refractivity contribution in [1.82, 2.24) is 0 Å². The van der Waals surface area contributed by atoms with Crippen molar-refractivity contribution in [1.29, 1.82) is 0 Å². The molecule has 0 bridgehead atoms. The quantitative estimate of drug-likeness (QED) is 0.260. The molecule has 0 rings (SSSR count). The molecule has 0 amide bonds. The van der Waals surface area contributed by atoms with Crippen LogP contribution < -0.4 is 0 Å². The Bertz CT molecular complexity index is 20.0. The Morgan fingerprint density at radius 1 is 0.556 bits per heavy atom. The first-order valence-corrected chi connectivity index (χ1v) is 2.68. The smallest absolute Gasteiger partial charge is 0.412 e. The lowest BCUT2D eigenvalue weighted by atomic mass is 15.7. The van der Waals surface area contributed by atoms with E-state index in [1.54, 1.807) is 0 Å². The van der Waals surface area contributed by atoms with Crippen LogP contribution in [0.1, 0.15) is 0 Å². The van der Waals surface area contributed by atoms with Gasteiger partial charge in [0.15, 0.2) is 0 Å². The Balaban J connectivity index is -0.0000000133. The molecule has 0 atom stereocenters. The molecule has 8 nitrogen and oxygen atoms in total. The summed E-state index contributed by atoms with van der Waals surface area (Å²) in [6, 6.07) is 0. The number of hydrogen-bond donors (Lipinski definition) is 4. The molecular weight excluding hydrogens is 156 g/mol. The second kappa shape index (κ2) is 10.8. The maximum Gasteiger partial charge on any atom is 0.668 e. The minimum atomic E-state index is -4.61. The van der Waals surface area contributed by atoms with Gasteiger partial charge in [0.2, 0.25) is 0 Å². The molecule has 0 aliphatic rings. The summed E-state index contributed by atoms with van der Waals surface area (Å²) in [4.78, 5) is 29.3. The highest BCUT2D eigenvalue weighted by Gasteiger charge is 2.22. The van der Waals surface area contributed by atoms with Crippen LogP contribution in [0.5, 0.6) is 0 Å². The van der Waals surface area contributed by atoms with Gasteiger partial charge in [0.05, 0.1) is 0 Å². The van der Waals surface area contributed by atoms with Gasteiger partial charge in [-0.25, -0.2) is 0 Å². The molecule has 0 saturated heterocycles. The van der Waals surface area contributed by atoms with Gasteiger partial charge in [-0.05, 0) is 0 Å². The molecule has 0 saturated carbocycles. The van der Waals surface area contributed by atoms with Gasteiger partial charge in [-0.3, -0.25) is 0 Å². The third-order valence-electron chi connectivity index (χ3n) is 0. The molecule has 0 aromatic heterocycles. The maximum absolute atomic E-state index is 7.33. The van der Waals surface area contributed by atoms with Gasteiger partial charge in [-0.15, -0.1) is 0 Å². The Kier molecular flexibility index (Phi) is 43.9. The second-order valence-corrected chi connectivity index (χ2v) is 1.80. The molecule has 9 heavy (non-hydrogen) atoms. The van der Waals surface area contributed by atoms with Crippen molar-refractivity contribution < 1.29 is 41.1 Å². The van der Waals surface area contributed by atoms with E-state index >= 15 is 0 Å². The predicted molar refractivity (Wildman–Crippen MR) is 29.1 cm³/mol. The van der Waals surface area contributed by atoms with E-state index in [-0.39, 0.29) is 21.9 Å². The van der Waals surface area contributed by atoms with Crippen LogP contribution in [0.25, 0.3) is 0 Å². The molecule has 9 heteroatoms. The van der Waals surface area contributed by atoms with E-state index in [2.05, 4.69) is 0 Å². The first kappa shape index (κ1) is 36.5. The molecule has 0 aliphatic heterocycles. The van der Waals surface area contributed by atoms with Gasteiger partial charge < -0.3 is 41.1 Å². The van der Waals surface area contributed by atoms with Crippen LogP contribution in [0, 0.1) is 0 Å². The summed E-state index contributed by atoms with van der Waals surface area (Å²) in [6.45, 7) is 0. The Labute approximate surface area is 51.3 Å². The minimum absolute atomic E-state index is 0. The maximum atomic E-state index is 7.33. The van der Waals surface area contributed by atoms with E-state index in [1.807, 2.05) is 0 Å². The van der Waals surface area contributed by atoms with Crippen LogP contribution in [0.4, 0.5) is 0 Å². The largest absolute Gasteiger partial charge is 0.668 e. The zero-order chi connectivity index (χ0) is 4.50. The van der Waals surface area contributed by atoms with Crippen molar-refractivity contribution in [2.75, 3.05) is 0 Å². The Morgan fingerprint density at radius 3 is 0.556 bits per heavy atom. The average Bonchev–Trinajstić information content (AvgIpc) is 0.722. The average molecular weight is 168 g/mol. The molecule has 12 N–H and O–H groups in total. The fourth-order valence-corrected chi connectivity index (χ4v) is 0. The lowest BCUT2D eigenvalue weighted by molar-refractivity contribution is 0.117. The standard InChI is InChI=1S/H4O4Si.4H2O/c1-5(2,3)4;;;;/h1-4H;4*1H2. The van der Waals surface area contributed by atoms with Crippen LogP contribution in [0.3, 0.4) is 0 Å². The molecule has 0 unspecified atom stereocenters. The Morgan fingerprint density at radius 2 is 0.556 bits per heavy atom. The normalized spacial score (nSPS) is 6.67. The predicted octanol–water partition coefficient (Wildman–Crippen LogP) is -5.91. The van der Waals surface area contributed by atoms with Gasteiger partial charge in [-0.2, -0.15) is 0 Å². The second-order valence-electron chi connectivity index (χ2n) is 0.600. The van der Waals surface area contributed by atoms with Crippen LogP contribution >= 0.6 is 0 Å². The van der Waals surface area contributed by atoms with E-state index in [0.29, 0.717) is 0 Å². The Hall–Kier alpha value is -0.103. The van der Waals surface area contributed by atoms with Gasteiger partial charge in [0, 0.05) is 0 Å². The fraction of sp³-hybridized carbons (Fsp3) is 0. The van der Waals surface area contributed by atoms with Gasteiger partial charge in [-0.1, -0.05) is 0 Å². The lowest BCUT2D eigenvalue weighted by Crippen LogP contribution is -2.33. The molecule has 0 aromatic rings. The van der Waals surface area contributed by atoms with Crippen molar-refractivity contribution in [2.45, 2.75) is 0 Å². The van der Waals surface area contributed by atoms with Crippen molar-refractivity contribution in [2.24, 2.45) is 0 Å². The molecular formula is H12O8Si. The summed E-state index contributed by atoms with van der Waals surface area (Å²) in [5.41, 5.74) is 0. The molecule has 64 valence electrons. The zero-order valence-corrected chi connectivity index (χ0v) is 5.29. The SMILES string of the molecule is O.O.O.O.O[Si](O)(O)O. The lowest BCUT2D eigenvalue weighted by Gasteiger charge is -1.91. The molecule has 0 aromatic carbocycles. The first-order valence-electron chi connectivity index (χ1n) is 0.894. The molecule has 0 fully saturated rings. The highest BCUT2D eigenvalue weighted by atomic mass is 28.4. The van der Waals surface area contributed by atoms with Crippen LogP contribution in [-0.4, -0.2) is 50.1 Å². The van der Waals surface area contributed by atoms with Crippen molar-refractivity contribution in [3.8, 4) is 0 Å². The fourth-order valence-electron chi connectivity index (χ4n) is 0. The highest BCUT2D eigenvalue weighted by Crippen LogP contribution is 1.67. The zero-order valence-electron chi connectivity index (χ0n) is 4.29. The van der Waals surface area contributed by atoms with Gasteiger partial charge >= 0.3 is 9.05 Å². The van der Waals surface area contributed by atoms with E-state index < -0.39 is 9.05 Å². The van der Waals surface area contributed by atoms with Crippen LogP contribution in [0.2, 0.25) is 0 Å². The third-order valence-corrected chi connectivity index (χ3v) is 0. The van der Waals surface area contributed by atoms with Crippen molar-refractivity contribution in [3.05, 3.63) is 0 Å². The summed E-state index contributed by atoms with van der Waals surface area (Å²) in [5, 5.41) is 0. The third kappa shape index (κ3) is 25800.